The molecule has 4 aromatic rings. The van der Waals surface area contributed by atoms with E-state index in [4.69, 9.17) is 0 Å². The fraction of sp³-hybridized carbons (Fsp3) is 0.471. The number of hydrogen-bond donors (Lipinski definition) is 3. The van der Waals surface area contributed by atoms with Crippen LogP contribution in [0.1, 0.15) is 59.8 Å². The van der Waals surface area contributed by atoms with E-state index >= 15 is 8.78 Å². The lowest BCUT2D eigenvalue weighted by atomic mass is 9.92. The number of hydrogen-bond acceptors (Lipinski definition) is 7. The molecule has 0 radical (unpaired) electrons. The molecule has 3 N–H and O–H groups in total. The number of amides is 1. The van der Waals surface area contributed by atoms with Crippen molar-refractivity contribution in [3.63, 3.8) is 0 Å². The number of likely N-dealkylation sites (tertiary alicyclic amines) is 1. The summed E-state index contributed by atoms with van der Waals surface area (Å²) in [5, 5.41) is 16.4. The Labute approximate surface area is 281 Å². The number of aryl methyl sites for hydroxylation is 1. The van der Waals surface area contributed by atoms with Crippen LogP contribution in [0.3, 0.4) is 0 Å². The van der Waals surface area contributed by atoms with Crippen molar-refractivity contribution >= 4 is 5.91 Å². The van der Waals surface area contributed by atoms with E-state index in [1.165, 1.54) is 29.2 Å². The Morgan fingerprint density at radius 3 is 2.35 bits per heavy atom. The van der Waals surface area contributed by atoms with E-state index in [1.807, 2.05) is 6.92 Å². The summed E-state index contributed by atoms with van der Waals surface area (Å²) < 4.78 is 72.1. The standard InChI is InChI=1S/C34H40F5N9O/c1-21-14-22(23-15-27(35)26(28(36)16-23)20-46-10-6-25(7-11-46)47-12-8-40-9-13-47)4-5-29(21)48-19-24(17-42-48)31(49)41-18-30-43-32(45-44-30)33(2,3)34(37,38)39/h4-5,14-17,19,25,40H,6-13,18,20H2,1-3H3,(H,41,49)(H,43,44,45). The van der Waals surface area contributed by atoms with E-state index in [-0.39, 0.29) is 30.0 Å². The zero-order valence-corrected chi connectivity index (χ0v) is 27.7. The summed E-state index contributed by atoms with van der Waals surface area (Å²) >= 11 is 0. The third kappa shape index (κ3) is 7.53. The zero-order valence-electron chi connectivity index (χ0n) is 27.7. The number of halogens is 5. The second-order valence-corrected chi connectivity index (χ2v) is 13.3. The molecule has 0 atom stereocenters. The molecule has 49 heavy (non-hydrogen) atoms. The number of piperidine rings is 1. The number of carbonyl (C=O) groups is 1. The minimum Gasteiger partial charge on any atom is -0.345 e. The van der Waals surface area contributed by atoms with Gasteiger partial charge in [-0.25, -0.2) is 18.4 Å². The average Bonchev–Trinajstić information content (AvgIpc) is 3.77. The van der Waals surface area contributed by atoms with Crippen LogP contribution in [-0.4, -0.2) is 92.2 Å². The molecule has 0 aliphatic carbocycles. The molecule has 2 aromatic heterocycles. The number of benzene rings is 2. The summed E-state index contributed by atoms with van der Waals surface area (Å²) in [5.74, 6) is -2.01. The van der Waals surface area contributed by atoms with Crippen LogP contribution in [0.5, 0.6) is 0 Å². The normalized spacial score (nSPS) is 17.1. The Bertz CT molecular complexity index is 1760. The van der Waals surface area contributed by atoms with Crippen LogP contribution in [-0.2, 0) is 18.5 Å². The number of aromatic amines is 1. The Kier molecular flexibility index (Phi) is 9.87. The van der Waals surface area contributed by atoms with Crippen molar-refractivity contribution in [3.05, 3.63) is 82.7 Å². The lowest BCUT2D eigenvalue weighted by molar-refractivity contribution is -0.182. The predicted molar refractivity (Wildman–Crippen MR) is 173 cm³/mol. The van der Waals surface area contributed by atoms with Crippen LogP contribution in [0.25, 0.3) is 16.8 Å². The van der Waals surface area contributed by atoms with E-state index in [0.29, 0.717) is 22.9 Å². The van der Waals surface area contributed by atoms with E-state index in [9.17, 15) is 18.0 Å². The molecule has 2 aliphatic rings. The molecule has 2 aromatic carbocycles. The fourth-order valence-electron chi connectivity index (χ4n) is 6.34. The van der Waals surface area contributed by atoms with Crippen LogP contribution in [0.4, 0.5) is 22.0 Å². The number of aromatic nitrogens is 5. The summed E-state index contributed by atoms with van der Waals surface area (Å²) in [4.78, 5) is 21.3. The van der Waals surface area contributed by atoms with Gasteiger partial charge in [-0.2, -0.15) is 23.4 Å². The number of carbonyl (C=O) groups excluding carboxylic acids is 1. The maximum absolute atomic E-state index is 15.3. The molecule has 15 heteroatoms. The third-order valence-corrected chi connectivity index (χ3v) is 9.59. The SMILES string of the molecule is Cc1cc(-c2cc(F)c(CN3CCC(N4CCNCC4)CC3)c(F)c2)ccc1-n1cc(C(=O)NCc2nc(C(C)(C)C(F)(F)F)n[nH]2)cn1. The van der Waals surface area contributed by atoms with Gasteiger partial charge >= 0.3 is 6.18 Å². The van der Waals surface area contributed by atoms with Gasteiger partial charge in [-0.15, -0.1) is 0 Å². The average molecular weight is 686 g/mol. The molecular formula is C34H40F5N9O. The molecule has 262 valence electrons. The topological polar surface area (TPSA) is 107 Å². The predicted octanol–water partition coefficient (Wildman–Crippen LogP) is 4.88. The van der Waals surface area contributed by atoms with Gasteiger partial charge in [-0.3, -0.25) is 19.7 Å². The van der Waals surface area contributed by atoms with Crippen molar-refractivity contribution in [1.82, 2.24) is 45.4 Å². The van der Waals surface area contributed by atoms with Crippen LogP contribution < -0.4 is 10.6 Å². The molecule has 1 amide bonds. The zero-order chi connectivity index (χ0) is 34.9. The minimum absolute atomic E-state index is 0.0754. The molecule has 0 unspecified atom stereocenters. The second-order valence-electron chi connectivity index (χ2n) is 13.3. The molecule has 6 rings (SSSR count). The van der Waals surface area contributed by atoms with Crippen LogP contribution in [0.2, 0.25) is 0 Å². The van der Waals surface area contributed by atoms with E-state index < -0.39 is 35.0 Å². The summed E-state index contributed by atoms with van der Waals surface area (Å²) in [7, 11) is 0. The monoisotopic (exact) mass is 685 g/mol. The molecule has 0 bridgehead atoms. The molecule has 2 aliphatic heterocycles. The smallest absolute Gasteiger partial charge is 0.345 e. The Morgan fingerprint density at radius 2 is 1.69 bits per heavy atom. The number of piperazine rings is 1. The molecule has 2 saturated heterocycles. The number of rotatable bonds is 9. The highest BCUT2D eigenvalue weighted by Gasteiger charge is 2.51. The van der Waals surface area contributed by atoms with Gasteiger partial charge in [0.25, 0.3) is 5.91 Å². The van der Waals surface area contributed by atoms with Crippen molar-refractivity contribution < 1.29 is 26.7 Å². The van der Waals surface area contributed by atoms with Crippen molar-refractivity contribution in [2.24, 2.45) is 0 Å². The molecular weight excluding hydrogens is 645 g/mol. The summed E-state index contributed by atoms with van der Waals surface area (Å²) in [6.45, 7) is 9.55. The highest BCUT2D eigenvalue weighted by Crippen LogP contribution is 2.38. The molecule has 0 saturated carbocycles. The lowest BCUT2D eigenvalue weighted by Gasteiger charge is -2.40. The molecule has 10 nitrogen and oxygen atoms in total. The summed E-state index contributed by atoms with van der Waals surface area (Å²) in [6, 6.07) is 8.56. The van der Waals surface area contributed by atoms with Gasteiger partial charge in [-0.05, 0) is 87.7 Å². The summed E-state index contributed by atoms with van der Waals surface area (Å²) in [5.41, 5.74) is 0.494. The second kappa shape index (κ2) is 14.0. The van der Waals surface area contributed by atoms with Crippen molar-refractivity contribution in [2.75, 3.05) is 39.3 Å². The van der Waals surface area contributed by atoms with Gasteiger partial charge in [0.15, 0.2) is 5.82 Å². The largest absolute Gasteiger partial charge is 0.401 e. The van der Waals surface area contributed by atoms with Gasteiger partial charge in [-0.1, -0.05) is 6.07 Å². The first-order valence-corrected chi connectivity index (χ1v) is 16.4. The fourth-order valence-corrected chi connectivity index (χ4v) is 6.34. The van der Waals surface area contributed by atoms with E-state index in [2.05, 4.69) is 40.7 Å². The minimum atomic E-state index is -4.54. The van der Waals surface area contributed by atoms with Crippen molar-refractivity contribution in [2.45, 2.75) is 64.3 Å². The van der Waals surface area contributed by atoms with E-state index in [1.54, 1.807) is 18.2 Å². The first-order chi connectivity index (χ1) is 23.3. The van der Waals surface area contributed by atoms with Gasteiger partial charge in [0.2, 0.25) is 0 Å². The van der Waals surface area contributed by atoms with Gasteiger partial charge in [0.1, 0.15) is 22.9 Å². The van der Waals surface area contributed by atoms with Crippen LogP contribution in [0.15, 0.2) is 42.7 Å². The number of nitrogens with one attached hydrogen (secondary N) is 3. The van der Waals surface area contributed by atoms with Crippen LogP contribution >= 0.6 is 0 Å². The maximum atomic E-state index is 15.3. The first-order valence-electron chi connectivity index (χ1n) is 16.4. The van der Waals surface area contributed by atoms with Crippen molar-refractivity contribution in [1.29, 1.82) is 0 Å². The number of nitrogens with zero attached hydrogens (tertiary/aromatic N) is 6. The quantitative estimate of drug-likeness (QED) is 0.216. The molecule has 0 spiro atoms. The van der Waals surface area contributed by atoms with Gasteiger partial charge < -0.3 is 10.6 Å². The Hall–Kier alpha value is -4.21. The van der Waals surface area contributed by atoms with Crippen molar-refractivity contribution in [3.8, 4) is 16.8 Å². The highest BCUT2D eigenvalue weighted by atomic mass is 19.4. The summed E-state index contributed by atoms with van der Waals surface area (Å²) in [6.07, 6.45) is 0.312. The Balaban J connectivity index is 1.07. The first kappa shape index (κ1) is 34.6. The maximum Gasteiger partial charge on any atom is 0.401 e. The highest BCUT2D eigenvalue weighted by molar-refractivity contribution is 5.93. The van der Waals surface area contributed by atoms with E-state index in [0.717, 1.165) is 71.5 Å². The lowest BCUT2D eigenvalue weighted by Crippen LogP contribution is -2.51. The molecule has 2 fully saturated rings. The van der Waals surface area contributed by atoms with Gasteiger partial charge in [0, 0.05) is 50.5 Å². The van der Waals surface area contributed by atoms with Crippen LogP contribution in [0, 0.1) is 18.6 Å². The van der Waals surface area contributed by atoms with Gasteiger partial charge in [0.05, 0.1) is 24.0 Å². The number of H-pyrrole nitrogens is 1. The Morgan fingerprint density at radius 1 is 1.00 bits per heavy atom. The number of alkyl halides is 3. The molecule has 4 heterocycles. The third-order valence-electron chi connectivity index (χ3n) is 9.59.